The first kappa shape index (κ1) is 11.8. The van der Waals surface area contributed by atoms with Gasteiger partial charge in [-0.3, -0.25) is 9.59 Å². The first-order valence-corrected chi connectivity index (χ1v) is 5.10. The summed E-state index contributed by atoms with van der Waals surface area (Å²) < 4.78 is 9.76. The molecule has 15 heavy (non-hydrogen) atoms. The zero-order valence-electron chi connectivity index (χ0n) is 9.12. The molecule has 0 N–H and O–H groups in total. The van der Waals surface area contributed by atoms with E-state index in [-0.39, 0.29) is 19.1 Å². The predicted molar refractivity (Wildman–Crippen MR) is 54.0 cm³/mol. The zero-order valence-corrected chi connectivity index (χ0v) is 9.12. The highest BCUT2D eigenvalue weighted by molar-refractivity contribution is 6.04. The van der Waals surface area contributed by atoms with E-state index in [1.807, 2.05) is 0 Å². The van der Waals surface area contributed by atoms with Crippen LogP contribution < -0.4 is 0 Å². The topological polar surface area (TPSA) is 52.6 Å². The summed E-state index contributed by atoms with van der Waals surface area (Å²) in [5, 5.41) is 0. The quantitative estimate of drug-likeness (QED) is 0.391. The maximum Gasteiger partial charge on any atom is 0.324 e. The van der Waals surface area contributed by atoms with Gasteiger partial charge in [0.2, 0.25) is 0 Å². The zero-order chi connectivity index (χ0) is 11.5. The first-order chi connectivity index (χ1) is 7.13. The third-order valence-electron chi connectivity index (χ3n) is 2.58. The van der Waals surface area contributed by atoms with Crippen molar-refractivity contribution in [3.05, 3.63) is 12.7 Å². The maximum atomic E-state index is 11.6. The summed E-state index contributed by atoms with van der Waals surface area (Å²) in [6.07, 6.45) is 2.06. The first-order valence-electron chi connectivity index (χ1n) is 5.10. The Hall–Kier alpha value is -1.32. The molecule has 84 valence electrons. The summed E-state index contributed by atoms with van der Waals surface area (Å²) in [6, 6.07) is 0. The van der Waals surface area contributed by atoms with Gasteiger partial charge >= 0.3 is 11.9 Å². The summed E-state index contributed by atoms with van der Waals surface area (Å²) in [5.74, 6) is -1.13. The second kappa shape index (κ2) is 4.47. The smallest absolute Gasteiger partial charge is 0.324 e. The number of hydrogen-bond donors (Lipinski definition) is 0. The summed E-state index contributed by atoms with van der Waals surface area (Å²) in [7, 11) is 0. The van der Waals surface area contributed by atoms with E-state index in [0.717, 1.165) is 0 Å². The van der Waals surface area contributed by atoms with Crippen LogP contribution in [0.5, 0.6) is 0 Å². The fourth-order valence-corrected chi connectivity index (χ4v) is 1.64. The van der Waals surface area contributed by atoms with Crippen molar-refractivity contribution in [2.75, 3.05) is 13.2 Å². The van der Waals surface area contributed by atoms with Crippen molar-refractivity contribution in [1.29, 1.82) is 0 Å². The lowest BCUT2D eigenvalue weighted by atomic mass is 10.0. The summed E-state index contributed by atoms with van der Waals surface area (Å²) in [4.78, 5) is 23.3. The number of carbonyl (C=O) groups excluding carboxylic acids is 2. The monoisotopic (exact) mass is 212 g/mol. The van der Waals surface area contributed by atoms with Gasteiger partial charge in [-0.15, -0.1) is 6.58 Å². The van der Waals surface area contributed by atoms with Crippen LogP contribution in [0.3, 0.4) is 0 Å². The van der Waals surface area contributed by atoms with Crippen LogP contribution in [0.4, 0.5) is 0 Å². The molecule has 1 rings (SSSR count). The van der Waals surface area contributed by atoms with Crippen LogP contribution in [-0.2, 0) is 19.1 Å². The molecular weight excluding hydrogens is 196 g/mol. The molecule has 0 aliphatic heterocycles. The molecule has 0 aromatic rings. The highest BCUT2D eigenvalue weighted by Crippen LogP contribution is 2.55. The van der Waals surface area contributed by atoms with Crippen molar-refractivity contribution >= 4 is 11.9 Å². The molecule has 4 nitrogen and oxygen atoms in total. The second-order valence-corrected chi connectivity index (χ2v) is 3.46. The Morgan fingerprint density at radius 3 is 2.07 bits per heavy atom. The van der Waals surface area contributed by atoms with E-state index in [1.165, 1.54) is 0 Å². The number of carbonyl (C=O) groups is 2. The van der Waals surface area contributed by atoms with Crippen molar-refractivity contribution < 1.29 is 19.1 Å². The molecule has 0 radical (unpaired) electrons. The minimum atomic E-state index is -1.10. The Balaban J connectivity index is 2.77. The number of hydrogen-bond acceptors (Lipinski definition) is 4. The van der Waals surface area contributed by atoms with E-state index in [2.05, 4.69) is 6.58 Å². The molecule has 1 fully saturated rings. The van der Waals surface area contributed by atoms with Crippen molar-refractivity contribution in [2.45, 2.75) is 20.3 Å². The Labute approximate surface area is 89.2 Å². The van der Waals surface area contributed by atoms with Gasteiger partial charge in [0.25, 0.3) is 0 Å². The third kappa shape index (κ3) is 1.89. The summed E-state index contributed by atoms with van der Waals surface area (Å²) in [6.45, 7) is 7.54. The number of esters is 2. The lowest BCUT2D eigenvalue weighted by Crippen LogP contribution is -2.31. The van der Waals surface area contributed by atoms with E-state index in [0.29, 0.717) is 6.42 Å². The minimum absolute atomic E-state index is 0.143. The predicted octanol–water partition coefficient (Wildman–Crippen LogP) is 1.30. The van der Waals surface area contributed by atoms with Gasteiger partial charge in [-0.2, -0.15) is 0 Å². The van der Waals surface area contributed by atoms with E-state index in [9.17, 15) is 9.59 Å². The fraction of sp³-hybridized carbons (Fsp3) is 0.636. The summed E-state index contributed by atoms with van der Waals surface area (Å²) >= 11 is 0. The Morgan fingerprint density at radius 1 is 1.33 bits per heavy atom. The van der Waals surface area contributed by atoms with Gasteiger partial charge in [0.05, 0.1) is 13.2 Å². The van der Waals surface area contributed by atoms with Crippen molar-refractivity contribution in [3.63, 3.8) is 0 Å². The van der Waals surface area contributed by atoms with Gasteiger partial charge in [0.15, 0.2) is 5.41 Å². The molecule has 0 aromatic heterocycles. The molecule has 4 heteroatoms. The van der Waals surface area contributed by atoms with Crippen LogP contribution in [0.2, 0.25) is 0 Å². The van der Waals surface area contributed by atoms with Gasteiger partial charge in [-0.1, -0.05) is 6.08 Å². The lowest BCUT2D eigenvalue weighted by Gasteiger charge is -2.13. The van der Waals surface area contributed by atoms with Gasteiger partial charge in [-0.25, -0.2) is 0 Å². The molecule has 0 amide bonds. The molecular formula is C11H16O4. The number of rotatable bonds is 5. The fourth-order valence-electron chi connectivity index (χ4n) is 1.64. The van der Waals surface area contributed by atoms with E-state index in [1.54, 1.807) is 19.9 Å². The molecule has 0 heterocycles. The Kier molecular flexibility index (Phi) is 3.50. The highest BCUT2D eigenvalue weighted by Gasteiger charge is 2.66. The second-order valence-electron chi connectivity index (χ2n) is 3.46. The SMILES string of the molecule is C=C[C@H]1CC1(C(=O)OCC)C(=O)OCC. The van der Waals surface area contributed by atoms with Crippen LogP contribution >= 0.6 is 0 Å². The van der Waals surface area contributed by atoms with Gasteiger partial charge in [0, 0.05) is 5.92 Å². The number of ether oxygens (including phenoxy) is 2. The van der Waals surface area contributed by atoms with Crippen molar-refractivity contribution in [3.8, 4) is 0 Å². The average molecular weight is 212 g/mol. The van der Waals surface area contributed by atoms with Crippen LogP contribution in [-0.4, -0.2) is 25.2 Å². The molecule has 1 atom stereocenters. The van der Waals surface area contributed by atoms with Gasteiger partial charge < -0.3 is 9.47 Å². The molecule has 0 aromatic carbocycles. The standard InChI is InChI=1S/C11H16O4/c1-4-8-7-11(8,9(12)14-5-2)10(13)15-6-3/h4,8H,1,5-7H2,2-3H3/t8-/m0/s1. The molecule has 0 spiro atoms. The van der Waals surface area contributed by atoms with Gasteiger partial charge in [0.1, 0.15) is 0 Å². The molecule has 1 saturated carbocycles. The maximum absolute atomic E-state index is 11.6. The third-order valence-corrected chi connectivity index (χ3v) is 2.58. The minimum Gasteiger partial charge on any atom is -0.465 e. The van der Waals surface area contributed by atoms with E-state index in [4.69, 9.17) is 9.47 Å². The van der Waals surface area contributed by atoms with E-state index >= 15 is 0 Å². The average Bonchev–Trinajstić information content (AvgIpc) is 2.94. The Bertz CT molecular complexity index is 264. The highest BCUT2D eigenvalue weighted by atomic mass is 16.6. The Morgan fingerprint density at radius 2 is 1.80 bits per heavy atom. The van der Waals surface area contributed by atoms with Crippen LogP contribution in [0.15, 0.2) is 12.7 Å². The molecule has 0 bridgehead atoms. The normalized spacial score (nSPS) is 21.6. The molecule has 1 aliphatic rings. The van der Waals surface area contributed by atoms with Crippen LogP contribution in [0.25, 0.3) is 0 Å². The van der Waals surface area contributed by atoms with Crippen LogP contribution in [0.1, 0.15) is 20.3 Å². The van der Waals surface area contributed by atoms with Crippen molar-refractivity contribution in [1.82, 2.24) is 0 Å². The number of allylic oxidation sites excluding steroid dienone is 1. The molecule has 0 unspecified atom stereocenters. The van der Waals surface area contributed by atoms with E-state index < -0.39 is 17.4 Å². The molecule has 0 saturated heterocycles. The lowest BCUT2D eigenvalue weighted by molar-refractivity contribution is -0.164. The molecule has 1 aliphatic carbocycles. The largest absolute Gasteiger partial charge is 0.465 e. The van der Waals surface area contributed by atoms with Crippen molar-refractivity contribution in [2.24, 2.45) is 11.3 Å². The van der Waals surface area contributed by atoms with Gasteiger partial charge in [-0.05, 0) is 20.3 Å². The summed E-state index contributed by atoms with van der Waals surface area (Å²) in [5.41, 5.74) is -1.10. The van der Waals surface area contributed by atoms with Crippen LogP contribution in [0, 0.1) is 11.3 Å².